The molecule has 0 radical (unpaired) electrons. The van der Waals surface area contributed by atoms with Crippen LogP contribution in [0.15, 0.2) is 18.2 Å². The van der Waals surface area contributed by atoms with Crippen molar-refractivity contribution in [1.82, 2.24) is 4.90 Å². The van der Waals surface area contributed by atoms with E-state index >= 15 is 0 Å². The largest absolute Gasteiger partial charge is 0.368 e. The van der Waals surface area contributed by atoms with Gasteiger partial charge in [-0.3, -0.25) is 24.6 Å². The number of anilines is 1. The van der Waals surface area contributed by atoms with Crippen LogP contribution in [0.3, 0.4) is 0 Å². The first kappa shape index (κ1) is 14.3. The number of likely N-dealkylation sites (tertiary alicyclic amines) is 1. The van der Waals surface area contributed by atoms with Gasteiger partial charge >= 0.3 is 0 Å². The summed E-state index contributed by atoms with van der Waals surface area (Å²) >= 11 is 5.72. The van der Waals surface area contributed by atoms with Crippen molar-refractivity contribution in [3.8, 4) is 0 Å². The minimum Gasteiger partial charge on any atom is -0.368 e. The minimum atomic E-state index is -0.655. The van der Waals surface area contributed by atoms with Gasteiger partial charge in [-0.25, -0.2) is 0 Å². The van der Waals surface area contributed by atoms with E-state index in [0.717, 1.165) is 4.90 Å². The van der Waals surface area contributed by atoms with Crippen molar-refractivity contribution in [2.24, 2.45) is 0 Å². The molecule has 1 aliphatic rings. The molecule has 1 saturated heterocycles. The van der Waals surface area contributed by atoms with Crippen LogP contribution in [-0.4, -0.2) is 34.7 Å². The second-order valence-electron chi connectivity index (χ2n) is 4.45. The fourth-order valence-electron chi connectivity index (χ4n) is 2.02. The van der Waals surface area contributed by atoms with Gasteiger partial charge in [-0.1, -0.05) is 11.6 Å². The molecule has 0 bridgehead atoms. The average Bonchev–Trinajstić information content (AvgIpc) is 2.41. The lowest BCUT2D eigenvalue weighted by atomic mass is 10.0. The standard InChI is InChI=1S/C12H12ClN3O4/c1-15-11(17)5-4-9(12(15)18)14-8-3-2-7(13)6-10(8)16(19)20/h2-3,6,9,14H,4-5H2,1H3. The summed E-state index contributed by atoms with van der Waals surface area (Å²) in [7, 11) is 1.40. The summed E-state index contributed by atoms with van der Waals surface area (Å²) in [6.07, 6.45) is 0.531. The molecule has 2 amide bonds. The summed E-state index contributed by atoms with van der Waals surface area (Å²) in [6.45, 7) is 0. The number of carbonyl (C=O) groups excluding carboxylic acids is 2. The van der Waals surface area contributed by atoms with Crippen LogP contribution in [0.4, 0.5) is 11.4 Å². The van der Waals surface area contributed by atoms with Crippen molar-refractivity contribution < 1.29 is 14.5 Å². The van der Waals surface area contributed by atoms with E-state index in [1.54, 1.807) is 0 Å². The number of benzene rings is 1. The van der Waals surface area contributed by atoms with E-state index < -0.39 is 16.9 Å². The van der Waals surface area contributed by atoms with Gasteiger partial charge in [0.1, 0.15) is 11.7 Å². The van der Waals surface area contributed by atoms with Crippen LogP contribution in [-0.2, 0) is 9.59 Å². The SMILES string of the molecule is CN1C(=O)CCC(Nc2ccc(Cl)cc2[N+](=O)[O-])C1=O. The first-order valence-electron chi connectivity index (χ1n) is 5.91. The van der Waals surface area contributed by atoms with E-state index in [-0.39, 0.29) is 28.7 Å². The number of amides is 2. The molecular formula is C12H12ClN3O4. The third kappa shape index (κ3) is 2.72. The zero-order chi connectivity index (χ0) is 14.9. The van der Waals surface area contributed by atoms with Crippen LogP contribution in [0.25, 0.3) is 0 Å². The van der Waals surface area contributed by atoms with Crippen molar-refractivity contribution in [2.45, 2.75) is 18.9 Å². The Hall–Kier alpha value is -2.15. The number of nitrogens with one attached hydrogen (secondary N) is 1. The van der Waals surface area contributed by atoms with Crippen LogP contribution in [0, 0.1) is 10.1 Å². The van der Waals surface area contributed by atoms with E-state index in [2.05, 4.69) is 5.32 Å². The summed E-state index contributed by atoms with van der Waals surface area (Å²) in [5, 5.41) is 14.0. The number of likely N-dealkylation sites (N-methyl/N-ethyl adjacent to an activating group) is 1. The molecule has 1 heterocycles. The predicted molar refractivity (Wildman–Crippen MR) is 72.5 cm³/mol. The highest BCUT2D eigenvalue weighted by Gasteiger charge is 2.32. The zero-order valence-electron chi connectivity index (χ0n) is 10.6. The molecule has 0 spiro atoms. The van der Waals surface area contributed by atoms with Crippen molar-refractivity contribution >= 4 is 34.8 Å². The lowest BCUT2D eigenvalue weighted by Crippen LogP contribution is -2.48. The number of hydrogen-bond donors (Lipinski definition) is 1. The molecule has 1 N–H and O–H groups in total. The first-order valence-corrected chi connectivity index (χ1v) is 6.29. The predicted octanol–water partition coefficient (Wildman–Crippen LogP) is 1.81. The molecule has 2 rings (SSSR count). The molecule has 1 fully saturated rings. The number of nitro groups is 1. The maximum absolute atomic E-state index is 11.9. The quantitative estimate of drug-likeness (QED) is 0.522. The van der Waals surface area contributed by atoms with Gasteiger partial charge < -0.3 is 5.32 Å². The number of halogens is 1. The van der Waals surface area contributed by atoms with Gasteiger partial charge in [0.25, 0.3) is 11.6 Å². The fourth-order valence-corrected chi connectivity index (χ4v) is 2.18. The number of carbonyl (C=O) groups is 2. The maximum Gasteiger partial charge on any atom is 0.293 e. The third-order valence-corrected chi connectivity index (χ3v) is 3.37. The Balaban J connectivity index is 2.24. The second-order valence-corrected chi connectivity index (χ2v) is 4.88. The number of nitro benzene ring substituents is 1. The van der Waals surface area contributed by atoms with Gasteiger partial charge in [0.2, 0.25) is 5.91 Å². The highest BCUT2D eigenvalue weighted by molar-refractivity contribution is 6.30. The topological polar surface area (TPSA) is 92.6 Å². The van der Waals surface area contributed by atoms with E-state index in [1.165, 1.54) is 25.2 Å². The Bertz CT molecular complexity index is 590. The molecule has 106 valence electrons. The Labute approximate surface area is 119 Å². The second kappa shape index (κ2) is 5.46. The Morgan fingerprint density at radius 2 is 2.15 bits per heavy atom. The van der Waals surface area contributed by atoms with Crippen LogP contribution < -0.4 is 5.32 Å². The van der Waals surface area contributed by atoms with Crippen LogP contribution in [0.5, 0.6) is 0 Å². The van der Waals surface area contributed by atoms with Gasteiger partial charge in [-0.2, -0.15) is 0 Å². The smallest absolute Gasteiger partial charge is 0.293 e. The van der Waals surface area contributed by atoms with E-state index in [9.17, 15) is 19.7 Å². The molecule has 1 unspecified atom stereocenters. The molecule has 8 heteroatoms. The van der Waals surface area contributed by atoms with Crippen molar-refractivity contribution in [3.63, 3.8) is 0 Å². The number of imide groups is 1. The molecule has 1 aromatic carbocycles. The highest BCUT2D eigenvalue weighted by atomic mass is 35.5. The molecule has 1 aromatic rings. The lowest BCUT2D eigenvalue weighted by molar-refractivity contribution is -0.384. The third-order valence-electron chi connectivity index (χ3n) is 3.14. The van der Waals surface area contributed by atoms with Crippen LogP contribution in [0.2, 0.25) is 5.02 Å². The van der Waals surface area contributed by atoms with E-state index in [0.29, 0.717) is 6.42 Å². The minimum absolute atomic E-state index is 0.204. The molecular weight excluding hydrogens is 286 g/mol. The van der Waals surface area contributed by atoms with Crippen molar-refractivity contribution in [3.05, 3.63) is 33.3 Å². The molecule has 1 aliphatic heterocycles. The van der Waals surface area contributed by atoms with Crippen molar-refractivity contribution in [1.29, 1.82) is 0 Å². The summed E-state index contributed by atoms with van der Waals surface area (Å²) < 4.78 is 0. The Morgan fingerprint density at radius 1 is 1.45 bits per heavy atom. The van der Waals surface area contributed by atoms with Gasteiger partial charge in [0, 0.05) is 24.6 Å². The number of piperidine rings is 1. The molecule has 0 aliphatic carbocycles. The normalized spacial score (nSPS) is 19.1. The summed E-state index contributed by atoms with van der Waals surface area (Å²) in [5.74, 6) is -0.649. The maximum atomic E-state index is 11.9. The molecule has 20 heavy (non-hydrogen) atoms. The first-order chi connectivity index (χ1) is 9.40. The Kier molecular flexibility index (Phi) is 3.89. The van der Waals surface area contributed by atoms with Gasteiger partial charge in [-0.15, -0.1) is 0 Å². The lowest BCUT2D eigenvalue weighted by Gasteiger charge is -2.28. The molecule has 0 aromatic heterocycles. The fraction of sp³-hybridized carbons (Fsp3) is 0.333. The summed E-state index contributed by atoms with van der Waals surface area (Å²) in [5.41, 5.74) is 0.00496. The van der Waals surface area contributed by atoms with Gasteiger partial charge in [0.05, 0.1) is 4.92 Å². The monoisotopic (exact) mass is 297 g/mol. The number of rotatable bonds is 3. The van der Waals surface area contributed by atoms with Gasteiger partial charge in [-0.05, 0) is 18.6 Å². The van der Waals surface area contributed by atoms with E-state index in [4.69, 9.17) is 11.6 Å². The van der Waals surface area contributed by atoms with Crippen LogP contribution >= 0.6 is 11.6 Å². The highest BCUT2D eigenvalue weighted by Crippen LogP contribution is 2.29. The summed E-state index contributed by atoms with van der Waals surface area (Å²) in [6, 6.07) is 3.51. The molecule has 0 saturated carbocycles. The van der Waals surface area contributed by atoms with Crippen LogP contribution in [0.1, 0.15) is 12.8 Å². The molecule has 7 nitrogen and oxygen atoms in total. The Morgan fingerprint density at radius 3 is 2.80 bits per heavy atom. The number of hydrogen-bond acceptors (Lipinski definition) is 5. The average molecular weight is 298 g/mol. The van der Waals surface area contributed by atoms with E-state index in [1.807, 2.05) is 0 Å². The van der Waals surface area contributed by atoms with Crippen molar-refractivity contribution in [2.75, 3.05) is 12.4 Å². The van der Waals surface area contributed by atoms with Gasteiger partial charge in [0.15, 0.2) is 0 Å². The summed E-state index contributed by atoms with van der Waals surface area (Å²) in [4.78, 5) is 34.7. The number of nitrogens with zero attached hydrogens (tertiary/aromatic N) is 2. The molecule has 1 atom stereocenters. The zero-order valence-corrected chi connectivity index (χ0v) is 11.4.